The molecule has 5 N–H and O–H groups in total. The van der Waals surface area contributed by atoms with Gasteiger partial charge in [0.25, 0.3) is 0 Å². The van der Waals surface area contributed by atoms with Crippen LogP contribution in [0.4, 0.5) is 0 Å². The van der Waals surface area contributed by atoms with Gasteiger partial charge in [-0.15, -0.1) is 0 Å². The number of carbonyl (C=O) groups is 12. The average Bonchev–Trinajstić information content (AvgIpc) is 0.825. The molecule has 1 aliphatic rings. The summed E-state index contributed by atoms with van der Waals surface area (Å²) in [5.41, 5.74) is 0. The summed E-state index contributed by atoms with van der Waals surface area (Å²) in [5.74, 6) is -8.65. The Bertz CT molecular complexity index is 2510. The monoisotopic (exact) mass is 1330 g/mol. The van der Waals surface area contributed by atoms with Gasteiger partial charge in [-0.25, -0.2) is 0 Å². The van der Waals surface area contributed by atoms with Crippen molar-refractivity contribution in [2.45, 2.75) is 261 Å². The Hall–Kier alpha value is -6.40. The highest BCUT2D eigenvalue weighted by Crippen LogP contribution is 2.26. The first-order valence-electron chi connectivity index (χ1n) is 34.4. The van der Waals surface area contributed by atoms with Gasteiger partial charge in [0.1, 0.15) is 66.5 Å². The molecule has 0 aromatic heterocycles. The van der Waals surface area contributed by atoms with E-state index in [0.717, 1.165) is 25.7 Å². The molecule has 0 aromatic carbocycles. The summed E-state index contributed by atoms with van der Waals surface area (Å²) in [5, 5.41) is 14.1. The Morgan fingerprint density at radius 2 is 0.862 bits per heavy atom. The minimum absolute atomic E-state index is 0.0544. The van der Waals surface area contributed by atoms with E-state index in [9.17, 15) is 38.4 Å². The lowest BCUT2D eigenvalue weighted by Crippen LogP contribution is -2.62. The third-order valence-corrected chi connectivity index (χ3v) is 18.1. The van der Waals surface area contributed by atoms with Crippen molar-refractivity contribution < 1.29 is 62.3 Å². The fraction of sp³-hybridized carbons (Fsp3) is 0.826. The lowest BCUT2D eigenvalue weighted by molar-refractivity contribution is -0.156. The molecule has 12 amide bonds. The fourth-order valence-corrected chi connectivity index (χ4v) is 12.1. The Morgan fingerprint density at radius 3 is 1.35 bits per heavy atom. The molecule has 0 spiro atoms. The number of hydrogen-bond acceptors (Lipinski definition) is 13. The highest BCUT2D eigenvalue weighted by molar-refractivity contribution is 6.00. The van der Waals surface area contributed by atoms with Gasteiger partial charge in [-0.1, -0.05) is 123 Å². The third-order valence-electron chi connectivity index (χ3n) is 18.1. The summed E-state index contributed by atoms with van der Waals surface area (Å²) in [7, 11) is 11.6. The molecule has 0 unspecified atom stereocenters. The number of rotatable bonds is 23. The highest BCUT2D eigenvalue weighted by atomic mass is 16.5. The number of unbranched alkanes of at least 4 members (excludes halogenated alkanes) is 3. The second-order valence-electron chi connectivity index (χ2n) is 28.9. The molecule has 0 saturated carbocycles. The first-order valence-corrected chi connectivity index (χ1v) is 34.4. The molecule has 1 heterocycles. The zero-order valence-electron chi connectivity index (χ0n) is 62.2. The summed E-state index contributed by atoms with van der Waals surface area (Å²) in [6, 6.07) is -13.2. The van der Waals surface area contributed by atoms with Crippen molar-refractivity contribution in [3.63, 3.8) is 0 Å². The fourth-order valence-electron chi connectivity index (χ4n) is 12.1. The van der Waals surface area contributed by atoms with Crippen LogP contribution in [0.2, 0.25) is 0 Å². The topological polar surface area (TPSA) is 297 Å². The minimum atomic E-state index is -1.33. The summed E-state index contributed by atoms with van der Waals surface area (Å²) in [6.45, 7) is 30.6. The second-order valence-corrected chi connectivity index (χ2v) is 28.9. The van der Waals surface area contributed by atoms with Crippen LogP contribution in [0, 0.1) is 41.4 Å². The average molecular weight is 1330 g/mol. The van der Waals surface area contributed by atoms with Gasteiger partial charge in [-0.05, 0) is 107 Å². The quantitative estimate of drug-likeness (QED) is 0.0859. The van der Waals surface area contributed by atoms with E-state index in [1.165, 1.54) is 112 Å². The van der Waals surface area contributed by atoms with Gasteiger partial charge in [-0.3, -0.25) is 57.5 Å². The van der Waals surface area contributed by atoms with Crippen molar-refractivity contribution in [1.82, 2.24) is 60.9 Å². The molecule has 1 saturated heterocycles. The van der Waals surface area contributed by atoms with E-state index in [0.29, 0.717) is 19.4 Å². The van der Waals surface area contributed by atoms with Gasteiger partial charge in [0.05, 0.1) is 6.61 Å². The lowest BCUT2D eigenvalue weighted by atomic mass is 9.92. The van der Waals surface area contributed by atoms with Gasteiger partial charge in [-0.2, -0.15) is 0 Å². The third kappa shape index (κ3) is 26.0. The Labute approximate surface area is 564 Å². The standard InChI is InChI=1S/C69H126N12O13/c1-26-50-64(88)80(23)56(39-94-25)67(91)76(19)52(35-41(4)5)62(86)74-57(44(10)11)68(92)75(18)51(33-32-40(2)3)60(84)71-47(15)59(83)72-48(16)63(87)78(21)54(36-42(6)7)65(89)79(22)55(37-43(8)9)66(90)81(24)58(45(12)13)69(93)77(20)53(61(85)73-50)38-46(14)31-29-27-28-30-34-70-49(17)82/h40-48,50-58H,26-39H2,1-25H3,(H,70,82)(H,71,84)(H,72,83)(H,73,85)(H,74,86)/t46-,47-,48+,50-,51-,52+,53-,54+,55-,56-,57-,58-/m1/s1. The van der Waals surface area contributed by atoms with Crippen molar-refractivity contribution >= 4 is 70.9 Å². The van der Waals surface area contributed by atoms with E-state index in [-0.39, 0.29) is 80.6 Å². The maximum absolute atomic E-state index is 15.4. The molecule has 25 nitrogen and oxygen atoms in total. The molecule has 540 valence electrons. The molecule has 1 fully saturated rings. The molecule has 0 aliphatic carbocycles. The van der Waals surface area contributed by atoms with E-state index in [4.69, 9.17) is 4.74 Å². The van der Waals surface area contributed by atoms with Crippen LogP contribution in [0.3, 0.4) is 0 Å². The van der Waals surface area contributed by atoms with Gasteiger partial charge in [0, 0.05) is 69.9 Å². The Kier molecular flexibility index (Phi) is 37.2. The van der Waals surface area contributed by atoms with Crippen LogP contribution in [-0.2, 0) is 62.3 Å². The molecule has 1 rings (SSSR count). The van der Waals surface area contributed by atoms with Crippen LogP contribution in [0.25, 0.3) is 0 Å². The lowest BCUT2D eigenvalue weighted by Gasteiger charge is -2.41. The summed E-state index contributed by atoms with van der Waals surface area (Å²) in [4.78, 5) is 184. The van der Waals surface area contributed by atoms with E-state index < -0.39 is 143 Å². The van der Waals surface area contributed by atoms with Crippen LogP contribution < -0.4 is 26.6 Å². The first-order chi connectivity index (χ1) is 43.6. The van der Waals surface area contributed by atoms with Gasteiger partial charge in [0.15, 0.2) is 0 Å². The Morgan fingerprint density at radius 1 is 0.436 bits per heavy atom. The number of carbonyl (C=O) groups excluding carboxylic acids is 12. The first kappa shape index (κ1) is 85.6. The van der Waals surface area contributed by atoms with Crippen LogP contribution >= 0.6 is 0 Å². The summed E-state index contributed by atoms with van der Waals surface area (Å²) < 4.78 is 5.57. The molecule has 0 bridgehead atoms. The molecular formula is C69H126N12O13. The molecule has 0 aromatic rings. The van der Waals surface area contributed by atoms with E-state index in [2.05, 4.69) is 26.6 Å². The van der Waals surface area contributed by atoms with E-state index >= 15 is 19.2 Å². The number of amides is 12. The predicted octanol–water partition coefficient (Wildman–Crippen LogP) is 4.82. The van der Waals surface area contributed by atoms with E-state index in [1.54, 1.807) is 34.6 Å². The molecule has 94 heavy (non-hydrogen) atoms. The Balaban J connectivity index is 4.40. The molecular weight excluding hydrogens is 1200 g/mol. The van der Waals surface area contributed by atoms with Crippen molar-refractivity contribution in [2.24, 2.45) is 41.4 Å². The van der Waals surface area contributed by atoms with Gasteiger partial charge < -0.3 is 65.6 Å². The normalized spacial score (nSPS) is 25.8. The SMILES string of the molecule is CC[C@H]1NC(=O)[C@@H](C[C@H](C)CCCCCCNC(C)=O)N(C)C(=O)[C@@H](C(C)C)N(C)C(=O)[C@@H](CC(C)C)N(C)C(=O)[C@H](CC(C)C)N(C)C(=O)[C@H](C)NC(=O)[C@@H](C)NC(=O)[C@@H](CCC(C)C)N(C)C(=O)[C@@H](C(C)C)NC(=O)[C@H](CC(C)C)N(C)C(=O)[C@@H](COC)N(C)C1=O. The molecule has 25 heteroatoms. The summed E-state index contributed by atoms with van der Waals surface area (Å²) in [6.07, 6.45) is 5.31. The zero-order valence-corrected chi connectivity index (χ0v) is 62.2. The maximum atomic E-state index is 15.4. The number of likely N-dealkylation sites (N-methyl/N-ethyl adjacent to an activating group) is 7. The minimum Gasteiger partial charge on any atom is -0.382 e. The van der Waals surface area contributed by atoms with Crippen LogP contribution in [0.5, 0.6) is 0 Å². The van der Waals surface area contributed by atoms with E-state index in [1.807, 2.05) is 62.3 Å². The van der Waals surface area contributed by atoms with Crippen molar-refractivity contribution in [2.75, 3.05) is 69.6 Å². The molecule has 1 aliphatic heterocycles. The van der Waals surface area contributed by atoms with Crippen molar-refractivity contribution in [3.8, 4) is 0 Å². The van der Waals surface area contributed by atoms with Gasteiger partial charge >= 0.3 is 0 Å². The number of hydrogen-bond donors (Lipinski definition) is 5. The molecule has 12 atom stereocenters. The number of methoxy groups -OCH3 is 1. The zero-order chi connectivity index (χ0) is 72.5. The van der Waals surface area contributed by atoms with Crippen LogP contribution in [0.1, 0.15) is 195 Å². The second kappa shape index (κ2) is 40.9. The smallest absolute Gasteiger partial charge is 0.248 e. The number of ether oxygens (including phenoxy) is 1. The predicted molar refractivity (Wildman–Crippen MR) is 365 cm³/mol. The van der Waals surface area contributed by atoms with Crippen molar-refractivity contribution in [3.05, 3.63) is 0 Å². The van der Waals surface area contributed by atoms with Crippen molar-refractivity contribution in [1.29, 1.82) is 0 Å². The summed E-state index contributed by atoms with van der Waals surface area (Å²) >= 11 is 0. The maximum Gasteiger partial charge on any atom is 0.248 e. The number of nitrogens with zero attached hydrogens (tertiary/aromatic N) is 7. The van der Waals surface area contributed by atoms with Crippen LogP contribution in [0.15, 0.2) is 0 Å². The molecule has 0 radical (unpaired) electrons. The highest BCUT2D eigenvalue weighted by Gasteiger charge is 2.45. The number of nitrogens with one attached hydrogen (secondary N) is 5. The largest absolute Gasteiger partial charge is 0.382 e. The van der Waals surface area contributed by atoms with Gasteiger partial charge in [0.2, 0.25) is 70.9 Å². The van der Waals surface area contributed by atoms with Crippen LogP contribution in [-0.4, -0.2) is 241 Å².